The Morgan fingerprint density at radius 1 is 1.73 bits per heavy atom. The van der Waals surface area contributed by atoms with Gasteiger partial charge in [0.2, 0.25) is 5.91 Å². The number of hydrogen-bond donors (Lipinski definition) is 2. The highest BCUT2D eigenvalue weighted by atomic mass is 16.5. The smallest absolute Gasteiger partial charge is 0.242 e. The fraction of sp³-hybridized carbons (Fsp3) is 0.900. The van der Waals surface area contributed by atoms with Gasteiger partial charge in [-0.05, 0) is 12.8 Å². The normalized spacial score (nSPS) is 27.7. The molecule has 1 saturated heterocycles. The summed E-state index contributed by atoms with van der Waals surface area (Å²) in [4.78, 5) is 11.8. The van der Waals surface area contributed by atoms with Crippen molar-refractivity contribution in [1.82, 2.24) is 5.32 Å². The van der Waals surface area contributed by atoms with E-state index in [0.717, 1.165) is 6.42 Å². The Morgan fingerprint density at radius 2 is 2.47 bits per heavy atom. The number of nitrogens with one attached hydrogen (secondary N) is 1. The van der Waals surface area contributed by atoms with Crippen LogP contribution in [0.5, 0.6) is 0 Å². The Labute approximate surface area is 90.3 Å². The van der Waals surface area contributed by atoms with E-state index in [1.54, 1.807) is 7.11 Å². The highest BCUT2D eigenvalue weighted by Crippen LogP contribution is 2.15. The minimum atomic E-state index is -0.846. The number of carbonyl (C=O) groups is 1. The van der Waals surface area contributed by atoms with Crippen LogP contribution < -0.4 is 11.1 Å². The van der Waals surface area contributed by atoms with E-state index in [9.17, 15) is 4.79 Å². The van der Waals surface area contributed by atoms with E-state index in [4.69, 9.17) is 15.2 Å². The lowest BCUT2D eigenvalue weighted by Gasteiger charge is -2.24. The number of carbonyl (C=O) groups excluding carboxylic acids is 1. The highest BCUT2D eigenvalue weighted by molar-refractivity contribution is 5.86. The lowest BCUT2D eigenvalue weighted by molar-refractivity contribution is -0.127. The molecule has 1 fully saturated rings. The SMILES string of the molecule is CCC(COC)NC(=O)C1(N)CCOC1. The number of hydrogen-bond acceptors (Lipinski definition) is 4. The van der Waals surface area contributed by atoms with Gasteiger partial charge in [-0.15, -0.1) is 0 Å². The molecule has 2 atom stereocenters. The van der Waals surface area contributed by atoms with Crippen LogP contribution >= 0.6 is 0 Å². The van der Waals surface area contributed by atoms with Crippen LogP contribution in [0.15, 0.2) is 0 Å². The molecule has 1 amide bonds. The molecule has 0 aliphatic carbocycles. The Kier molecular flexibility index (Phi) is 4.50. The van der Waals surface area contributed by atoms with Gasteiger partial charge in [0.15, 0.2) is 0 Å². The van der Waals surface area contributed by atoms with E-state index in [1.165, 1.54) is 0 Å². The summed E-state index contributed by atoms with van der Waals surface area (Å²) in [6, 6.07) is 0.0310. The minimum absolute atomic E-state index is 0.0310. The summed E-state index contributed by atoms with van der Waals surface area (Å²) >= 11 is 0. The standard InChI is InChI=1S/C10H20N2O3/c1-3-8(6-14-2)12-9(13)10(11)4-5-15-7-10/h8H,3-7,11H2,1-2H3,(H,12,13). The summed E-state index contributed by atoms with van der Waals surface area (Å²) < 4.78 is 10.1. The average molecular weight is 216 g/mol. The van der Waals surface area contributed by atoms with Crippen molar-refractivity contribution in [2.75, 3.05) is 26.9 Å². The van der Waals surface area contributed by atoms with E-state index >= 15 is 0 Å². The van der Waals surface area contributed by atoms with Gasteiger partial charge in [-0.25, -0.2) is 0 Å². The molecule has 1 rings (SSSR count). The van der Waals surface area contributed by atoms with Gasteiger partial charge in [0.05, 0.1) is 19.3 Å². The predicted octanol–water partition coefficient (Wildman–Crippen LogP) is -0.355. The molecule has 5 nitrogen and oxygen atoms in total. The van der Waals surface area contributed by atoms with Crippen molar-refractivity contribution in [3.63, 3.8) is 0 Å². The molecule has 3 N–H and O–H groups in total. The molecule has 2 unspecified atom stereocenters. The zero-order valence-electron chi connectivity index (χ0n) is 9.41. The highest BCUT2D eigenvalue weighted by Gasteiger charge is 2.38. The molecule has 0 aromatic rings. The summed E-state index contributed by atoms with van der Waals surface area (Å²) in [6.45, 7) is 3.38. The van der Waals surface area contributed by atoms with Crippen molar-refractivity contribution in [2.45, 2.75) is 31.3 Å². The number of amides is 1. The van der Waals surface area contributed by atoms with Gasteiger partial charge in [0, 0.05) is 13.7 Å². The molecule has 0 bridgehead atoms. The van der Waals surface area contributed by atoms with Gasteiger partial charge in [-0.3, -0.25) is 4.79 Å². The maximum absolute atomic E-state index is 11.8. The molecule has 0 aromatic heterocycles. The van der Waals surface area contributed by atoms with Crippen LogP contribution in [-0.2, 0) is 14.3 Å². The van der Waals surface area contributed by atoms with Crippen LogP contribution in [0.1, 0.15) is 19.8 Å². The summed E-state index contributed by atoms with van der Waals surface area (Å²) in [5, 5.41) is 2.88. The van der Waals surface area contributed by atoms with E-state index < -0.39 is 5.54 Å². The molecule has 1 aliphatic heterocycles. The Morgan fingerprint density at radius 3 is 2.93 bits per heavy atom. The fourth-order valence-electron chi connectivity index (χ4n) is 1.55. The second-order valence-corrected chi connectivity index (χ2v) is 3.99. The van der Waals surface area contributed by atoms with Gasteiger partial charge < -0.3 is 20.5 Å². The Balaban J connectivity index is 2.45. The number of nitrogens with two attached hydrogens (primary N) is 1. The monoisotopic (exact) mass is 216 g/mol. The summed E-state index contributed by atoms with van der Waals surface area (Å²) in [7, 11) is 1.62. The van der Waals surface area contributed by atoms with E-state index in [2.05, 4.69) is 5.32 Å². The third kappa shape index (κ3) is 3.15. The first-order valence-electron chi connectivity index (χ1n) is 5.29. The van der Waals surface area contributed by atoms with Crippen molar-refractivity contribution in [3.05, 3.63) is 0 Å². The van der Waals surface area contributed by atoms with Gasteiger partial charge in [-0.2, -0.15) is 0 Å². The van der Waals surface area contributed by atoms with Gasteiger partial charge in [-0.1, -0.05) is 6.92 Å². The third-order valence-electron chi connectivity index (χ3n) is 2.70. The summed E-state index contributed by atoms with van der Waals surface area (Å²) in [6.07, 6.45) is 1.42. The third-order valence-corrected chi connectivity index (χ3v) is 2.70. The second kappa shape index (κ2) is 5.44. The molecule has 0 radical (unpaired) electrons. The van der Waals surface area contributed by atoms with E-state index in [0.29, 0.717) is 26.2 Å². The maximum Gasteiger partial charge on any atom is 0.242 e. The molecule has 15 heavy (non-hydrogen) atoms. The van der Waals surface area contributed by atoms with Crippen LogP contribution in [0.4, 0.5) is 0 Å². The van der Waals surface area contributed by atoms with Gasteiger partial charge in [0.1, 0.15) is 5.54 Å². The molecule has 88 valence electrons. The lowest BCUT2D eigenvalue weighted by Crippen LogP contribution is -2.57. The first-order chi connectivity index (χ1) is 7.12. The first kappa shape index (κ1) is 12.4. The predicted molar refractivity (Wildman–Crippen MR) is 56.5 cm³/mol. The van der Waals surface area contributed by atoms with Crippen LogP contribution in [0.3, 0.4) is 0 Å². The van der Waals surface area contributed by atoms with Crippen LogP contribution in [-0.4, -0.2) is 44.4 Å². The van der Waals surface area contributed by atoms with Crippen molar-refractivity contribution in [3.8, 4) is 0 Å². The number of rotatable bonds is 5. The summed E-state index contributed by atoms with van der Waals surface area (Å²) in [5.41, 5.74) is 5.08. The average Bonchev–Trinajstić information content (AvgIpc) is 2.65. The topological polar surface area (TPSA) is 73.6 Å². The first-order valence-corrected chi connectivity index (χ1v) is 5.29. The second-order valence-electron chi connectivity index (χ2n) is 3.99. The quantitative estimate of drug-likeness (QED) is 0.658. The van der Waals surface area contributed by atoms with Crippen LogP contribution in [0.25, 0.3) is 0 Å². The molecular weight excluding hydrogens is 196 g/mol. The molecule has 0 spiro atoms. The van der Waals surface area contributed by atoms with Crippen molar-refractivity contribution in [1.29, 1.82) is 0 Å². The molecule has 0 saturated carbocycles. The Hall–Kier alpha value is -0.650. The van der Waals surface area contributed by atoms with Crippen molar-refractivity contribution >= 4 is 5.91 Å². The number of methoxy groups -OCH3 is 1. The van der Waals surface area contributed by atoms with Crippen molar-refractivity contribution in [2.24, 2.45) is 5.73 Å². The van der Waals surface area contributed by atoms with Gasteiger partial charge in [0.25, 0.3) is 0 Å². The Bertz CT molecular complexity index is 215. The van der Waals surface area contributed by atoms with Crippen LogP contribution in [0.2, 0.25) is 0 Å². The maximum atomic E-state index is 11.8. The van der Waals surface area contributed by atoms with Crippen molar-refractivity contribution < 1.29 is 14.3 Å². The molecule has 1 aliphatic rings. The fourth-order valence-corrected chi connectivity index (χ4v) is 1.55. The largest absolute Gasteiger partial charge is 0.383 e. The zero-order valence-corrected chi connectivity index (χ0v) is 9.41. The molecule has 0 aromatic carbocycles. The zero-order chi connectivity index (χ0) is 11.3. The van der Waals surface area contributed by atoms with E-state index in [1.807, 2.05) is 6.92 Å². The summed E-state index contributed by atoms with van der Waals surface area (Å²) in [5.74, 6) is -0.135. The molecular formula is C10H20N2O3. The molecule has 5 heteroatoms. The minimum Gasteiger partial charge on any atom is -0.383 e. The molecule has 1 heterocycles. The lowest BCUT2D eigenvalue weighted by atomic mass is 9.98. The number of ether oxygens (including phenoxy) is 2. The van der Waals surface area contributed by atoms with Gasteiger partial charge >= 0.3 is 0 Å². The van der Waals surface area contributed by atoms with E-state index in [-0.39, 0.29) is 11.9 Å². The van der Waals surface area contributed by atoms with Crippen LogP contribution in [0, 0.1) is 0 Å².